The SMILES string of the molecule is Cc1ccc(F)cc1CC(=O)c1cc(Br)sc1Br. The first-order chi connectivity index (χ1) is 8.47. The molecule has 1 heterocycles. The van der Waals surface area contributed by atoms with Crippen molar-refractivity contribution in [1.82, 2.24) is 0 Å². The molecule has 2 rings (SSSR count). The smallest absolute Gasteiger partial charge is 0.169 e. The summed E-state index contributed by atoms with van der Waals surface area (Å²) in [6.07, 6.45) is 0.214. The van der Waals surface area contributed by atoms with Gasteiger partial charge >= 0.3 is 0 Å². The summed E-state index contributed by atoms with van der Waals surface area (Å²) in [5.41, 5.74) is 2.29. The van der Waals surface area contributed by atoms with Crippen molar-refractivity contribution in [2.45, 2.75) is 13.3 Å². The summed E-state index contributed by atoms with van der Waals surface area (Å²) >= 11 is 8.15. The Labute approximate surface area is 125 Å². The van der Waals surface area contributed by atoms with Gasteiger partial charge in [-0.2, -0.15) is 0 Å². The van der Waals surface area contributed by atoms with Crippen molar-refractivity contribution in [3.8, 4) is 0 Å². The number of benzene rings is 1. The number of Topliss-reactive ketones (excluding diaryl/α,β-unsaturated/α-hetero) is 1. The number of hydrogen-bond donors (Lipinski definition) is 0. The Kier molecular flexibility index (Phi) is 4.35. The minimum Gasteiger partial charge on any atom is -0.294 e. The molecule has 1 aromatic heterocycles. The summed E-state index contributed by atoms with van der Waals surface area (Å²) in [5, 5.41) is 0. The summed E-state index contributed by atoms with van der Waals surface area (Å²) in [6.45, 7) is 1.88. The fraction of sp³-hybridized carbons (Fsp3) is 0.154. The van der Waals surface area contributed by atoms with E-state index in [1.807, 2.05) is 6.92 Å². The maximum Gasteiger partial charge on any atom is 0.169 e. The van der Waals surface area contributed by atoms with Gasteiger partial charge in [-0.25, -0.2) is 4.39 Å². The van der Waals surface area contributed by atoms with E-state index in [9.17, 15) is 9.18 Å². The highest BCUT2D eigenvalue weighted by Gasteiger charge is 2.15. The molecule has 0 saturated carbocycles. The van der Waals surface area contributed by atoms with Crippen molar-refractivity contribution in [2.24, 2.45) is 0 Å². The van der Waals surface area contributed by atoms with Gasteiger partial charge in [-0.15, -0.1) is 11.3 Å². The van der Waals surface area contributed by atoms with Crippen LogP contribution in [0.4, 0.5) is 4.39 Å². The van der Waals surface area contributed by atoms with Gasteiger partial charge in [0, 0.05) is 12.0 Å². The van der Waals surface area contributed by atoms with E-state index in [4.69, 9.17) is 0 Å². The predicted octanol–water partition coefficient (Wildman–Crippen LogP) is 5.15. The average molecular weight is 392 g/mol. The van der Waals surface area contributed by atoms with E-state index in [-0.39, 0.29) is 18.0 Å². The number of halogens is 3. The van der Waals surface area contributed by atoms with E-state index in [0.29, 0.717) is 5.56 Å². The van der Waals surface area contributed by atoms with Crippen LogP contribution in [-0.4, -0.2) is 5.78 Å². The molecular weight excluding hydrogens is 383 g/mol. The van der Waals surface area contributed by atoms with Gasteiger partial charge in [0.05, 0.1) is 7.57 Å². The molecule has 0 aliphatic rings. The molecule has 1 aromatic carbocycles. The van der Waals surface area contributed by atoms with E-state index in [1.54, 1.807) is 12.1 Å². The summed E-state index contributed by atoms with van der Waals surface area (Å²) < 4.78 is 14.9. The fourth-order valence-electron chi connectivity index (χ4n) is 1.63. The first-order valence-corrected chi connectivity index (χ1v) is 7.60. The Bertz CT molecular complexity index is 607. The Hall–Kier alpha value is -0.520. The van der Waals surface area contributed by atoms with Crippen molar-refractivity contribution < 1.29 is 9.18 Å². The lowest BCUT2D eigenvalue weighted by molar-refractivity contribution is 0.0992. The Morgan fingerprint density at radius 3 is 2.67 bits per heavy atom. The first kappa shape index (κ1) is 13.9. The van der Waals surface area contributed by atoms with Gasteiger partial charge in [0.15, 0.2) is 5.78 Å². The van der Waals surface area contributed by atoms with Crippen molar-refractivity contribution in [3.63, 3.8) is 0 Å². The first-order valence-electron chi connectivity index (χ1n) is 5.20. The average Bonchev–Trinajstić information content (AvgIpc) is 2.63. The van der Waals surface area contributed by atoms with E-state index in [0.717, 1.165) is 18.7 Å². The third-order valence-electron chi connectivity index (χ3n) is 2.62. The molecule has 94 valence electrons. The third kappa shape index (κ3) is 3.08. The van der Waals surface area contributed by atoms with Crippen molar-refractivity contribution in [2.75, 3.05) is 0 Å². The van der Waals surface area contributed by atoms with Crippen LogP contribution < -0.4 is 0 Å². The zero-order valence-electron chi connectivity index (χ0n) is 9.47. The predicted molar refractivity (Wildman–Crippen MR) is 78.9 cm³/mol. The minimum atomic E-state index is -0.311. The quantitative estimate of drug-likeness (QED) is 0.661. The molecular formula is C13H9Br2FOS. The maximum atomic E-state index is 13.2. The second kappa shape index (κ2) is 5.63. The summed E-state index contributed by atoms with van der Waals surface area (Å²) in [4.78, 5) is 12.1. The van der Waals surface area contributed by atoms with Crippen molar-refractivity contribution in [1.29, 1.82) is 0 Å². The molecule has 0 bridgehead atoms. The number of carbonyl (C=O) groups is 1. The normalized spacial score (nSPS) is 10.7. The monoisotopic (exact) mass is 390 g/mol. The van der Waals surface area contributed by atoms with Gasteiger partial charge in [-0.05, 0) is 68.1 Å². The number of thiophene rings is 1. The van der Waals surface area contributed by atoms with Crippen LogP contribution in [0.5, 0.6) is 0 Å². The molecule has 5 heteroatoms. The molecule has 2 aromatic rings. The molecule has 0 unspecified atom stereocenters. The lowest BCUT2D eigenvalue weighted by Gasteiger charge is -2.04. The highest BCUT2D eigenvalue weighted by Crippen LogP contribution is 2.32. The van der Waals surface area contributed by atoms with Crippen LogP contribution in [0.3, 0.4) is 0 Å². The zero-order valence-corrected chi connectivity index (χ0v) is 13.5. The molecule has 0 aliphatic carbocycles. The molecule has 0 spiro atoms. The number of ketones is 1. The molecule has 0 radical (unpaired) electrons. The molecule has 1 nitrogen and oxygen atoms in total. The Balaban J connectivity index is 2.26. The molecule has 0 saturated heterocycles. The second-order valence-corrected chi connectivity index (χ2v) is 7.66. The molecule has 0 fully saturated rings. The van der Waals surface area contributed by atoms with Crippen molar-refractivity contribution >= 4 is 49.0 Å². The summed E-state index contributed by atoms with van der Waals surface area (Å²) in [6, 6.07) is 6.30. The second-order valence-electron chi connectivity index (χ2n) is 3.91. The van der Waals surface area contributed by atoms with E-state index in [2.05, 4.69) is 31.9 Å². The largest absolute Gasteiger partial charge is 0.294 e. The van der Waals surface area contributed by atoms with Crippen LogP contribution in [0.1, 0.15) is 21.5 Å². The lowest BCUT2D eigenvalue weighted by Crippen LogP contribution is -2.04. The molecule has 0 N–H and O–H groups in total. The molecule has 0 atom stereocenters. The van der Waals surface area contributed by atoms with E-state index >= 15 is 0 Å². The highest BCUT2D eigenvalue weighted by molar-refractivity contribution is 9.12. The van der Waals surface area contributed by atoms with Crippen LogP contribution in [0.2, 0.25) is 0 Å². The van der Waals surface area contributed by atoms with Gasteiger partial charge in [0.1, 0.15) is 5.82 Å². The van der Waals surface area contributed by atoms with Crippen LogP contribution >= 0.6 is 43.2 Å². The highest BCUT2D eigenvalue weighted by atomic mass is 79.9. The van der Waals surface area contributed by atoms with Crippen molar-refractivity contribution in [3.05, 3.63) is 54.3 Å². The fourth-order valence-corrected chi connectivity index (χ4v) is 4.48. The lowest BCUT2D eigenvalue weighted by atomic mass is 10.0. The van der Waals surface area contributed by atoms with Gasteiger partial charge < -0.3 is 0 Å². The minimum absolute atomic E-state index is 0.0162. The topological polar surface area (TPSA) is 17.1 Å². The van der Waals surface area contributed by atoms with Crippen LogP contribution in [0, 0.1) is 12.7 Å². The Morgan fingerprint density at radius 1 is 1.33 bits per heavy atom. The zero-order chi connectivity index (χ0) is 13.3. The number of hydrogen-bond acceptors (Lipinski definition) is 2. The van der Waals surface area contributed by atoms with Gasteiger partial charge in [-0.3, -0.25) is 4.79 Å². The number of rotatable bonds is 3. The van der Waals surface area contributed by atoms with Crippen LogP contribution in [0.15, 0.2) is 31.8 Å². The van der Waals surface area contributed by atoms with Gasteiger partial charge in [0.25, 0.3) is 0 Å². The Morgan fingerprint density at radius 2 is 2.06 bits per heavy atom. The van der Waals surface area contributed by atoms with E-state index in [1.165, 1.54) is 23.5 Å². The standard InChI is InChI=1S/C13H9Br2FOS/c1-7-2-3-9(16)4-8(7)5-11(17)10-6-12(14)18-13(10)15/h2-4,6H,5H2,1H3. The number of aryl methyl sites for hydroxylation is 1. The molecule has 18 heavy (non-hydrogen) atoms. The number of carbonyl (C=O) groups excluding carboxylic acids is 1. The summed E-state index contributed by atoms with van der Waals surface area (Å²) in [5.74, 6) is -0.327. The van der Waals surface area contributed by atoms with Crippen LogP contribution in [0.25, 0.3) is 0 Å². The third-order valence-corrected chi connectivity index (χ3v) is 4.96. The van der Waals surface area contributed by atoms with E-state index < -0.39 is 0 Å². The van der Waals surface area contributed by atoms with Gasteiger partial charge in [-0.1, -0.05) is 6.07 Å². The molecule has 0 amide bonds. The van der Waals surface area contributed by atoms with Gasteiger partial charge in [0.2, 0.25) is 0 Å². The maximum absolute atomic E-state index is 13.2. The summed E-state index contributed by atoms with van der Waals surface area (Å²) in [7, 11) is 0. The molecule has 0 aliphatic heterocycles. The van der Waals surface area contributed by atoms with Crippen LogP contribution in [-0.2, 0) is 6.42 Å².